The van der Waals surface area contributed by atoms with E-state index in [1.165, 1.54) is 0 Å². The Hall–Kier alpha value is -1.35. The Balaban J connectivity index is 2.38. The Kier molecular flexibility index (Phi) is 6.90. The van der Waals surface area contributed by atoms with Crippen LogP contribution in [0.4, 0.5) is 4.79 Å². The van der Waals surface area contributed by atoms with E-state index in [0.29, 0.717) is 12.8 Å². The molecule has 1 fully saturated rings. The fraction of sp³-hybridized carbons (Fsp3) is 0.833. The van der Waals surface area contributed by atoms with Crippen LogP contribution >= 0.6 is 0 Å². The minimum Gasteiger partial charge on any atom is -0.481 e. The van der Waals surface area contributed by atoms with Gasteiger partial charge in [-0.2, -0.15) is 0 Å². The molecule has 5 N–H and O–H groups in total. The van der Waals surface area contributed by atoms with E-state index >= 15 is 0 Å². The van der Waals surface area contributed by atoms with Gasteiger partial charge in [0.2, 0.25) is 10.0 Å². The molecule has 0 aromatic rings. The fourth-order valence-corrected chi connectivity index (χ4v) is 3.02. The van der Waals surface area contributed by atoms with Crippen molar-refractivity contribution >= 4 is 22.0 Å². The van der Waals surface area contributed by atoms with E-state index in [4.69, 9.17) is 5.14 Å². The van der Waals surface area contributed by atoms with E-state index in [1.54, 1.807) is 0 Å². The first-order chi connectivity index (χ1) is 9.79. The molecule has 0 spiro atoms. The zero-order valence-electron chi connectivity index (χ0n) is 11.9. The van der Waals surface area contributed by atoms with E-state index in [1.807, 2.05) is 0 Å². The number of hydrogen-bond donors (Lipinski definition) is 4. The number of aliphatic carboxylic acids is 1. The van der Waals surface area contributed by atoms with Gasteiger partial charge in [0.25, 0.3) is 0 Å². The first-order valence-corrected chi connectivity index (χ1v) is 8.79. The minimum absolute atomic E-state index is 0.173. The molecule has 1 rings (SSSR count). The van der Waals surface area contributed by atoms with Crippen molar-refractivity contribution in [2.45, 2.75) is 44.6 Å². The minimum atomic E-state index is -3.52. The van der Waals surface area contributed by atoms with Crippen LogP contribution in [0.1, 0.15) is 38.5 Å². The van der Waals surface area contributed by atoms with Gasteiger partial charge >= 0.3 is 12.0 Å². The first kappa shape index (κ1) is 17.7. The average molecular weight is 321 g/mol. The number of carboxylic acids is 1. The smallest absolute Gasteiger partial charge is 0.315 e. The van der Waals surface area contributed by atoms with Crippen LogP contribution in [0.15, 0.2) is 0 Å². The number of primary sulfonamides is 1. The van der Waals surface area contributed by atoms with Gasteiger partial charge in [-0.05, 0) is 19.3 Å². The maximum atomic E-state index is 11.7. The summed E-state index contributed by atoms with van der Waals surface area (Å²) in [5.41, 5.74) is 0. The van der Waals surface area contributed by atoms with Crippen LogP contribution in [-0.4, -0.2) is 43.9 Å². The molecule has 1 aliphatic rings. The Labute approximate surface area is 124 Å². The van der Waals surface area contributed by atoms with Crippen LogP contribution in [0.25, 0.3) is 0 Å². The third-order valence-corrected chi connectivity index (χ3v) is 4.40. The number of carboxylic acid groups (broad SMARTS) is 1. The summed E-state index contributed by atoms with van der Waals surface area (Å²) in [7, 11) is -3.52. The summed E-state index contributed by atoms with van der Waals surface area (Å²) >= 11 is 0. The van der Waals surface area contributed by atoms with Gasteiger partial charge in [-0.25, -0.2) is 18.4 Å². The Morgan fingerprint density at radius 1 is 1.19 bits per heavy atom. The summed E-state index contributed by atoms with van der Waals surface area (Å²) in [4.78, 5) is 22.9. The topological polar surface area (TPSA) is 139 Å². The van der Waals surface area contributed by atoms with Crippen molar-refractivity contribution in [2.75, 3.05) is 12.3 Å². The van der Waals surface area contributed by atoms with Gasteiger partial charge in [0.05, 0.1) is 11.7 Å². The number of urea groups is 1. The number of amides is 2. The quantitative estimate of drug-likeness (QED) is 0.403. The molecule has 2 atom stereocenters. The molecule has 0 aromatic heterocycles. The van der Waals surface area contributed by atoms with E-state index in [0.717, 1.165) is 19.3 Å². The summed E-state index contributed by atoms with van der Waals surface area (Å²) in [6, 6.07) is -0.856. The zero-order valence-corrected chi connectivity index (χ0v) is 12.7. The molecule has 9 heteroatoms. The van der Waals surface area contributed by atoms with E-state index in [-0.39, 0.29) is 24.8 Å². The lowest BCUT2D eigenvalue weighted by Gasteiger charge is -2.23. The van der Waals surface area contributed by atoms with Gasteiger partial charge in [0.1, 0.15) is 0 Å². The van der Waals surface area contributed by atoms with E-state index in [2.05, 4.69) is 10.6 Å². The predicted octanol–water partition coefficient (Wildman–Crippen LogP) is -0.00230. The Morgan fingerprint density at radius 3 is 2.48 bits per heavy atom. The second-order valence-corrected chi connectivity index (χ2v) is 7.04. The van der Waals surface area contributed by atoms with Crippen LogP contribution in [-0.2, 0) is 14.8 Å². The third-order valence-electron chi connectivity index (χ3n) is 3.54. The molecule has 0 radical (unpaired) electrons. The van der Waals surface area contributed by atoms with Gasteiger partial charge in [0, 0.05) is 12.6 Å². The number of carbonyl (C=O) groups is 2. The van der Waals surface area contributed by atoms with Crippen molar-refractivity contribution in [1.82, 2.24) is 10.6 Å². The van der Waals surface area contributed by atoms with Crippen LogP contribution in [0.3, 0.4) is 0 Å². The lowest BCUT2D eigenvalue weighted by molar-refractivity contribution is -0.142. The molecule has 0 heterocycles. The normalized spacial score (nSPS) is 23.1. The molecule has 0 aliphatic heterocycles. The molecule has 1 aliphatic carbocycles. The molecular weight excluding hydrogens is 298 g/mol. The van der Waals surface area contributed by atoms with Crippen LogP contribution in [0.5, 0.6) is 0 Å². The zero-order chi connectivity index (χ0) is 15.9. The summed E-state index contributed by atoms with van der Waals surface area (Å²) in [5.74, 6) is -1.66. The molecule has 0 saturated heterocycles. The molecule has 0 aromatic carbocycles. The van der Waals surface area contributed by atoms with Gasteiger partial charge in [-0.15, -0.1) is 0 Å². The number of nitrogens with one attached hydrogen (secondary N) is 2. The Morgan fingerprint density at radius 2 is 1.86 bits per heavy atom. The molecule has 2 unspecified atom stereocenters. The molecular formula is C12H23N3O5S. The summed E-state index contributed by atoms with van der Waals surface area (Å²) in [6.07, 6.45) is 4.13. The maximum absolute atomic E-state index is 11.7. The number of nitrogens with two attached hydrogens (primary N) is 1. The number of rotatable bonds is 6. The number of carbonyl (C=O) groups excluding carboxylic acids is 1. The average Bonchev–Trinajstić information content (AvgIpc) is 2.59. The van der Waals surface area contributed by atoms with Gasteiger partial charge < -0.3 is 15.7 Å². The molecule has 122 valence electrons. The lowest BCUT2D eigenvalue weighted by Crippen LogP contribution is -2.47. The fourth-order valence-electron chi connectivity index (χ4n) is 2.47. The lowest BCUT2D eigenvalue weighted by atomic mass is 9.95. The number of hydrogen-bond acceptors (Lipinski definition) is 4. The Bertz CT molecular complexity index is 466. The molecule has 1 saturated carbocycles. The van der Waals surface area contributed by atoms with E-state index in [9.17, 15) is 23.1 Å². The second kappa shape index (κ2) is 8.18. The van der Waals surface area contributed by atoms with Gasteiger partial charge in [-0.3, -0.25) is 4.79 Å². The van der Waals surface area contributed by atoms with Crippen LogP contribution in [0, 0.1) is 5.92 Å². The largest absolute Gasteiger partial charge is 0.481 e. The van der Waals surface area contributed by atoms with Crippen LogP contribution < -0.4 is 15.8 Å². The first-order valence-electron chi connectivity index (χ1n) is 7.07. The standard InChI is InChI=1S/C12H23N3O5S/c13-21(19,20)8-4-7-14-12(18)15-10-6-3-1-2-5-9(10)11(16)17/h9-10H,1-8H2,(H,16,17)(H2,13,19,20)(H2,14,15,18). The maximum Gasteiger partial charge on any atom is 0.315 e. The molecule has 8 nitrogen and oxygen atoms in total. The van der Waals surface area contributed by atoms with Crippen molar-refractivity contribution < 1.29 is 23.1 Å². The molecule has 0 bridgehead atoms. The third kappa shape index (κ3) is 7.28. The summed E-state index contributed by atoms with van der Waals surface area (Å²) < 4.78 is 21.5. The van der Waals surface area contributed by atoms with Gasteiger partial charge in [-0.1, -0.05) is 19.3 Å². The second-order valence-electron chi connectivity index (χ2n) is 5.31. The highest BCUT2D eigenvalue weighted by molar-refractivity contribution is 7.89. The SMILES string of the molecule is NS(=O)(=O)CCCNC(=O)NC1CCCCCC1C(=O)O. The summed E-state index contributed by atoms with van der Waals surface area (Å²) in [6.45, 7) is 0.173. The molecule has 2 amide bonds. The highest BCUT2D eigenvalue weighted by Gasteiger charge is 2.30. The van der Waals surface area contributed by atoms with Crippen molar-refractivity contribution in [3.05, 3.63) is 0 Å². The van der Waals surface area contributed by atoms with Crippen molar-refractivity contribution in [3.63, 3.8) is 0 Å². The van der Waals surface area contributed by atoms with Crippen molar-refractivity contribution in [1.29, 1.82) is 0 Å². The summed E-state index contributed by atoms with van der Waals surface area (Å²) in [5, 5.41) is 19.2. The van der Waals surface area contributed by atoms with Crippen molar-refractivity contribution in [3.8, 4) is 0 Å². The monoisotopic (exact) mass is 321 g/mol. The van der Waals surface area contributed by atoms with Crippen LogP contribution in [0.2, 0.25) is 0 Å². The van der Waals surface area contributed by atoms with E-state index < -0.39 is 27.9 Å². The highest BCUT2D eigenvalue weighted by atomic mass is 32.2. The highest BCUT2D eigenvalue weighted by Crippen LogP contribution is 2.23. The van der Waals surface area contributed by atoms with Crippen molar-refractivity contribution in [2.24, 2.45) is 11.1 Å². The predicted molar refractivity (Wildman–Crippen MR) is 77.1 cm³/mol. The van der Waals surface area contributed by atoms with Gasteiger partial charge in [0.15, 0.2) is 0 Å². The molecule has 21 heavy (non-hydrogen) atoms. The number of sulfonamides is 1.